The van der Waals surface area contributed by atoms with E-state index >= 15 is 0 Å². The average Bonchev–Trinajstić information content (AvgIpc) is 2.62. The van der Waals surface area contributed by atoms with Crippen LogP contribution in [0.2, 0.25) is 0 Å². The van der Waals surface area contributed by atoms with Crippen LogP contribution in [0, 0.1) is 0 Å². The van der Waals surface area contributed by atoms with Gasteiger partial charge in [-0.25, -0.2) is 8.42 Å². The van der Waals surface area contributed by atoms with Crippen LogP contribution >= 0.6 is 0 Å². The molecule has 25 heavy (non-hydrogen) atoms. The van der Waals surface area contributed by atoms with E-state index in [0.29, 0.717) is 32.1 Å². The summed E-state index contributed by atoms with van der Waals surface area (Å²) in [4.78, 5) is 13.5. The van der Waals surface area contributed by atoms with Gasteiger partial charge < -0.3 is 11.1 Å². The van der Waals surface area contributed by atoms with Crippen LogP contribution < -0.4 is 11.1 Å². The maximum absolute atomic E-state index is 12.1. The SMILES string of the molecule is NC(=NCCCCCCS(=O)(=O)N1CCCCO1)Nc1cccnc1. The quantitative estimate of drug-likeness (QED) is 0.390. The van der Waals surface area contributed by atoms with E-state index in [1.54, 1.807) is 12.4 Å². The highest BCUT2D eigenvalue weighted by atomic mass is 32.2. The van der Waals surface area contributed by atoms with Crippen LogP contribution in [0.4, 0.5) is 5.69 Å². The molecule has 0 amide bonds. The molecule has 2 heterocycles. The number of anilines is 1. The van der Waals surface area contributed by atoms with E-state index in [-0.39, 0.29) is 5.75 Å². The first-order valence-corrected chi connectivity index (χ1v) is 10.3. The van der Waals surface area contributed by atoms with Crippen molar-refractivity contribution in [2.45, 2.75) is 38.5 Å². The van der Waals surface area contributed by atoms with Gasteiger partial charge in [0.25, 0.3) is 0 Å². The molecule has 1 aromatic heterocycles. The monoisotopic (exact) mass is 369 g/mol. The van der Waals surface area contributed by atoms with Crippen molar-refractivity contribution in [2.24, 2.45) is 10.7 Å². The minimum Gasteiger partial charge on any atom is -0.370 e. The normalized spacial score (nSPS) is 16.7. The van der Waals surface area contributed by atoms with E-state index in [9.17, 15) is 8.42 Å². The lowest BCUT2D eigenvalue weighted by atomic mass is 10.2. The third-order valence-electron chi connectivity index (χ3n) is 3.81. The van der Waals surface area contributed by atoms with Gasteiger partial charge in [-0.2, -0.15) is 0 Å². The predicted octanol–water partition coefficient (Wildman–Crippen LogP) is 1.73. The smallest absolute Gasteiger partial charge is 0.236 e. The van der Waals surface area contributed by atoms with Crippen molar-refractivity contribution in [3.8, 4) is 0 Å². The number of rotatable bonds is 9. The molecular formula is C16H27N5O3S. The van der Waals surface area contributed by atoms with E-state index in [4.69, 9.17) is 10.6 Å². The Morgan fingerprint density at radius 2 is 2.16 bits per heavy atom. The number of nitrogens with zero attached hydrogens (tertiary/aromatic N) is 3. The third-order valence-corrected chi connectivity index (χ3v) is 5.52. The largest absolute Gasteiger partial charge is 0.370 e. The molecule has 1 saturated heterocycles. The number of hydrogen-bond donors (Lipinski definition) is 2. The first-order chi connectivity index (χ1) is 12.1. The standard InChI is InChI=1S/C16H27N5O3S/c17-16(20-15-8-7-9-18-14-15)19-10-3-1-2-6-13-25(22,23)21-11-4-5-12-24-21/h7-9,14H,1-6,10-13H2,(H3,17,19,20). The lowest BCUT2D eigenvalue weighted by Crippen LogP contribution is -2.37. The fourth-order valence-corrected chi connectivity index (χ4v) is 3.88. The lowest BCUT2D eigenvalue weighted by molar-refractivity contribution is -0.108. The highest BCUT2D eigenvalue weighted by Crippen LogP contribution is 2.13. The van der Waals surface area contributed by atoms with Crippen LogP contribution in [-0.2, 0) is 14.9 Å². The van der Waals surface area contributed by atoms with Gasteiger partial charge in [-0.05, 0) is 37.8 Å². The van der Waals surface area contributed by atoms with Gasteiger partial charge in [-0.15, -0.1) is 0 Å². The topological polar surface area (TPSA) is 110 Å². The van der Waals surface area contributed by atoms with Gasteiger partial charge >= 0.3 is 0 Å². The van der Waals surface area contributed by atoms with Gasteiger partial charge in [0.1, 0.15) is 0 Å². The summed E-state index contributed by atoms with van der Waals surface area (Å²) in [7, 11) is -3.28. The number of unbranched alkanes of at least 4 members (excludes halogenated alkanes) is 3. The minimum atomic E-state index is -3.28. The van der Waals surface area contributed by atoms with Crippen LogP contribution in [0.1, 0.15) is 38.5 Å². The fourth-order valence-electron chi connectivity index (χ4n) is 2.47. The molecule has 8 nitrogen and oxygen atoms in total. The van der Waals surface area contributed by atoms with Crippen molar-refractivity contribution in [3.05, 3.63) is 24.5 Å². The molecule has 0 aliphatic carbocycles. The average molecular weight is 369 g/mol. The van der Waals surface area contributed by atoms with E-state index < -0.39 is 10.0 Å². The number of pyridine rings is 1. The first-order valence-electron chi connectivity index (χ1n) is 8.68. The van der Waals surface area contributed by atoms with Crippen LogP contribution in [0.15, 0.2) is 29.5 Å². The summed E-state index contributed by atoms with van der Waals surface area (Å²) in [5, 5.41) is 2.97. The number of hydroxylamine groups is 1. The zero-order chi connectivity index (χ0) is 18.0. The number of nitrogens with one attached hydrogen (secondary N) is 1. The van der Waals surface area contributed by atoms with Crippen molar-refractivity contribution in [1.29, 1.82) is 0 Å². The Labute approximate surface area is 149 Å². The van der Waals surface area contributed by atoms with Gasteiger partial charge in [0.2, 0.25) is 10.0 Å². The Balaban J connectivity index is 1.56. The summed E-state index contributed by atoms with van der Waals surface area (Å²) in [6.07, 6.45) is 8.42. The molecular weight excluding hydrogens is 342 g/mol. The maximum Gasteiger partial charge on any atom is 0.236 e. The molecule has 1 aromatic rings. The number of sulfonamides is 1. The zero-order valence-electron chi connectivity index (χ0n) is 14.4. The summed E-state index contributed by atoms with van der Waals surface area (Å²) in [6.45, 7) is 1.58. The molecule has 0 unspecified atom stereocenters. The Morgan fingerprint density at radius 3 is 2.88 bits per heavy atom. The summed E-state index contributed by atoms with van der Waals surface area (Å²) >= 11 is 0. The highest BCUT2D eigenvalue weighted by Gasteiger charge is 2.24. The number of nitrogens with two attached hydrogens (primary N) is 1. The van der Waals surface area contributed by atoms with E-state index in [1.807, 2.05) is 12.1 Å². The van der Waals surface area contributed by atoms with Gasteiger partial charge in [0.05, 0.1) is 24.2 Å². The van der Waals surface area contributed by atoms with Crippen molar-refractivity contribution < 1.29 is 13.3 Å². The first kappa shape index (κ1) is 19.6. The summed E-state index contributed by atoms with van der Waals surface area (Å²) in [5.41, 5.74) is 6.60. The van der Waals surface area contributed by atoms with Gasteiger partial charge in [-0.3, -0.25) is 14.8 Å². The van der Waals surface area contributed by atoms with Gasteiger partial charge in [-0.1, -0.05) is 17.3 Å². The molecule has 1 fully saturated rings. The molecule has 2 rings (SSSR count). The number of guanidine groups is 1. The van der Waals surface area contributed by atoms with Crippen LogP contribution in [0.3, 0.4) is 0 Å². The molecule has 9 heteroatoms. The van der Waals surface area contributed by atoms with E-state index in [1.165, 1.54) is 0 Å². The molecule has 0 atom stereocenters. The molecule has 0 saturated carbocycles. The molecule has 1 aliphatic rings. The van der Waals surface area contributed by atoms with E-state index in [2.05, 4.69) is 15.3 Å². The van der Waals surface area contributed by atoms with Crippen molar-refractivity contribution in [2.75, 3.05) is 30.8 Å². The van der Waals surface area contributed by atoms with Crippen molar-refractivity contribution in [3.63, 3.8) is 0 Å². The predicted molar refractivity (Wildman–Crippen MR) is 98.5 cm³/mol. The summed E-state index contributed by atoms with van der Waals surface area (Å²) in [6, 6.07) is 3.68. The Hall–Kier alpha value is -1.71. The van der Waals surface area contributed by atoms with Gasteiger partial charge in [0, 0.05) is 19.3 Å². The van der Waals surface area contributed by atoms with Crippen LogP contribution in [-0.4, -0.2) is 49.3 Å². The fraction of sp³-hybridized carbons (Fsp3) is 0.625. The summed E-state index contributed by atoms with van der Waals surface area (Å²) < 4.78 is 25.3. The molecule has 0 aromatic carbocycles. The van der Waals surface area contributed by atoms with Crippen molar-refractivity contribution >= 4 is 21.7 Å². The van der Waals surface area contributed by atoms with Crippen LogP contribution in [0.5, 0.6) is 0 Å². The van der Waals surface area contributed by atoms with Gasteiger partial charge in [0.15, 0.2) is 5.96 Å². The highest BCUT2D eigenvalue weighted by molar-refractivity contribution is 7.88. The van der Waals surface area contributed by atoms with Crippen molar-refractivity contribution in [1.82, 2.24) is 9.45 Å². The Kier molecular flexibility index (Phi) is 8.10. The second-order valence-corrected chi connectivity index (χ2v) is 7.91. The third kappa shape index (κ3) is 7.37. The molecule has 0 radical (unpaired) electrons. The van der Waals surface area contributed by atoms with Crippen LogP contribution in [0.25, 0.3) is 0 Å². The van der Waals surface area contributed by atoms with E-state index in [0.717, 1.165) is 42.3 Å². The maximum atomic E-state index is 12.1. The molecule has 1 aliphatic heterocycles. The minimum absolute atomic E-state index is 0.140. The second-order valence-electron chi connectivity index (χ2n) is 5.93. The molecule has 0 bridgehead atoms. The molecule has 140 valence electrons. The number of aromatic nitrogens is 1. The molecule has 0 spiro atoms. The molecule has 3 N–H and O–H groups in total. The zero-order valence-corrected chi connectivity index (χ0v) is 15.2. The Morgan fingerprint density at radius 1 is 1.32 bits per heavy atom. The number of hydrogen-bond acceptors (Lipinski definition) is 5. The summed E-state index contributed by atoms with van der Waals surface area (Å²) in [5.74, 6) is 0.499. The lowest BCUT2D eigenvalue weighted by Gasteiger charge is -2.25. The Bertz CT molecular complexity index is 630. The second kappa shape index (κ2) is 10.3. The number of aliphatic imine (C=N–C) groups is 1.